The van der Waals surface area contributed by atoms with Crippen molar-refractivity contribution in [1.29, 1.82) is 0 Å². The van der Waals surface area contributed by atoms with Crippen molar-refractivity contribution in [2.75, 3.05) is 0 Å². The minimum absolute atomic E-state index is 0.124. The molecule has 0 N–H and O–H groups in total. The number of aromatic nitrogens is 6. The summed E-state index contributed by atoms with van der Waals surface area (Å²) >= 11 is 0. The third kappa shape index (κ3) is 2.77. The van der Waals surface area contributed by atoms with Gasteiger partial charge in [0, 0.05) is 19.2 Å². The predicted molar refractivity (Wildman–Crippen MR) is 66.3 cm³/mol. The zero-order valence-corrected chi connectivity index (χ0v) is 11.5. The molecule has 0 spiro atoms. The number of halogens is 3. The van der Waals surface area contributed by atoms with Crippen LogP contribution in [0.4, 0.5) is 13.2 Å². The minimum Gasteiger partial charge on any atom is -0.309 e. The lowest BCUT2D eigenvalue weighted by molar-refractivity contribution is -0.147. The van der Waals surface area contributed by atoms with E-state index in [-0.39, 0.29) is 12.4 Å². The van der Waals surface area contributed by atoms with Crippen LogP contribution in [0.25, 0.3) is 0 Å². The Hall–Kier alpha value is -1.93. The van der Waals surface area contributed by atoms with E-state index in [0.717, 1.165) is 23.1 Å². The molecule has 2 aromatic heterocycles. The number of hydrogen-bond donors (Lipinski definition) is 0. The Bertz CT molecular complexity index is 623. The number of alkyl halides is 3. The van der Waals surface area contributed by atoms with E-state index in [1.54, 1.807) is 6.20 Å². The van der Waals surface area contributed by atoms with Gasteiger partial charge in [-0.3, -0.25) is 0 Å². The van der Waals surface area contributed by atoms with Crippen LogP contribution in [-0.4, -0.2) is 29.8 Å². The Morgan fingerprint density at radius 3 is 2.52 bits per heavy atom. The Kier molecular flexibility index (Phi) is 3.42. The third-order valence-electron chi connectivity index (χ3n) is 3.85. The summed E-state index contributed by atoms with van der Waals surface area (Å²) in [5.41, 5.74) is 0.908. The molecule has 6 nitrogen and oxygen atoms in total. The van der Waals surface area contributed by atoms with Crippen molar-refractivity contribution in [1.82, 2.24) is 29.8 Å². The van der Waals surface area contributed by atoms with Crippen molar-refractivity contribution in [3.05, 3.63) is 23.5 Å². The van der Waals surface area contributed by atoms with E-state index < -0.39 is 12.0 Å². The van der Waals surface area contributed by atoms with Crippen molar-refractivity contribution in [2.24, 2.45) is 7.05 Å². The zero-order chi connectivity index (χ0) is 15.0. The molecule has 2 aromatic rings. The van der Waals surface area contributed by atoms with Crippen LogP contribution in [0, 0.1) is 0 Å². The highest BCUT2D eigenvalue weighted by Crippen LogP contribution is 2.32. The molecule has 0 aliphatic heterocycles. The fourth-order valence-corrected chi connectivity index (χ4v) is 2.69. The maximum absolute atomic E-state index is 12.7. The second-order valence-electron chi connectivity index (χ2n) is 5.32. The van der Waals surface area contributed by atoms with Crippen molar-refractivity contribution in [3.63, 3.8) is 0 Å². The summed E-state index contributed by atoms with van der Waals surface area (Å²) < 4.78 is 40.4. The second-order valence-corrected chi connectivity index (χ2v) is 5.32. The van der Waals surface area contributed by atoms with E-state index in [0.29, 0.717) is 5.92 Å². The first-order chi connectivity index (χ1) is 9.95. The number of nitrogens with zero attached hydrogens (tertiary/aromatic N) is 6. The van der Waals surface area contributed by atoms with E-state index in [1.807, 2.05) is 0 Å². The fourth-order valence-electron chi connectivity index (χ4n) is 2.69. The van der Waals surface area contributed by atoms with Gasteiger partial charge >= 0.3 is 6.18 Å². The van der Waals surface area contributed by atoms with Crippen LogP contribution in [0.1, 0.15) is 48.9 Å². The van der Waals surface area contributed by atoms with Gasteiger partial charge in [0.25, 0.3) is 0 Å². The summed E-state index contributed by atoms with van der Waals surface area (Å²) in [6.45, 7) is 0.124. The monoisotopic (exact) mass is 300 g/mol. The molecule has 21 heavy (non-hydrogen) atoms. The SMILES string of the molecule is Cn1c(Cn2cc(C3CCCC3)nn2)nnc1C(F)(F)F. The molecule has 0 amide bonds. The average molecular weight is 300 g/mol. The van der Waals surface area contributed by atoms with Gasteiger partial charge in [0.15, 0.2) is 5.82 Å². The molecule has 0 unspecified atom stereocenters. The van der Waals surface area contributed by atoms with Crippen LogP contribution in [0.2, 0.25) is 0 Å². The third-order valence-corrected chi connectivity index (χ3v) is 3.85. The molecule has 0 bridgehead atoms. The number of rotatable bonds is 3. The molecular formula is C12H15F3N6. The van der Waals surface area contributed by atoms with Crippen molar-refractivity contribution < 1.29 is 13.2 Å². The average Bonchev–Trinajstić information content (AvgIpc) is 3.10. The zero-order valence-electron chi connectivity index (χ0n) is 11.5. The smallest absolute Gasteiger partial charge is 0.309 e. The molecule has 0 aromatic carbocycles. The molecule has 2 heterocycles. The van der Waals surface area contributed by atoms with Gasteiger partial charge in [0.05, 0.1) is 5.69 Å². The molecule has 114 valence electrons. The lowest BCUT2D eigenvalue weighted by Gasteiger charge is -2.06. The minimum atomic E-state index is -4.50. The molecule has 1 aliphatic rings. The van der Waals surface area contributed by atoms with Crippen LogP contribution >= 0.6 is 0 Å². The standard InChI is InChI=1S/C12H15F3N6/c1-20-10(17-18-11(20)12(13,14)15)7-21-6-9(16-19-21)8-4-2-3-5-8/h6,8H,2-5,7H2,1H3. The molecule has 1 aliphatic carbocycles. The van der Waals surface area contributed by atoms with Crippen molar-refractivity contribution >= 4 is 0 Å². The molecule has 3 rings (SSSR count). The summed E-state index contributed by atoms with van der Waals surface area (Å²) in [6.07, 6.45) is 1.86. The summed E-state index contributed by atoms with van der Waals surface area (Å²) in [4.78, 5) is 0. The first-order valence-corrected chi connectivity index (χ1v) is 6.80. The van der Waals surface area contributed by atoms with E-state index >= 15 is 0 Å². The van der Waals surface area contributed by atoms with E-state index in [4.69, 9.17) is 0 Å². The summed E-state index contributed by atoms with van der Waals surface area (Å²) in [6, 6.07) is 0. The second kappa shape index (κ2) is 5.12. The quantitative estimate of drug-likeness (QED) is 0.871. The van der Waals surface area contributed by atoms with E-state index in [1.165, 1.54) is 24.6 Å². The summed E-state index contributed by atoms with van der Waals surface area (Å²) in [5.74, 6) is -0.386. The number of hydrogen-bond acceptors (Lipinski definition) is 4. The van der Waals surface area contributed by atoms with Gasteiger partial charge in [-0.15, -0.1) is 15.3 Å². The van der Waals surface area contributed by atoms with Gasteiger partial charge in [-0.1, -0.05) is 18.1 Å². The largest absolute Gasteiger partial charge is 0.451 e. The molecule has 9 heteroatoms. The van der Waals surface area contributed by atoms with E-state index in [2.05, 4.69) is 20.5 Å². The normalized spacial score (nSPS) is 16.8. The fraction of sp³-hybridized carbons (Fsp3) is 0.667. The first-order valence-electron chi connectivity index (χ1n) is 6.80. The van der Waals surface area contributed by atoms with Gasteiger partial charge in [-0.25, -0.2) is 4.68 Å². The highest BCUT2D eigenvalue weighted by molar-refractivity contribution is 5.05. The molecular weight excluding hydrogens is 285 g/mol. The summed E-state index contributed by atoms with van der Waals surface area (Å²) in [7, 11) is 1.30. The molecule has 1 saturated carbocycles. The Morgan fingerprint density at radius 1 is 1.19 bits per heavy atom. The highest BCUT2D eigenvalue weighted by Gasteiger charge is 2.37. The topological polar surface area (TPSA) is 61.4 Å². The molecule has 0 atom stereocenters. The maximum Gasteiger partial charge on any atom is 0.451 e. The molecule has 1 fully saturated rings. The van der Waals surface area contributed by atoms with Gasteiger partial charge in [0.1, 0.15) is 6.54 Å². The summed E-state index contributed by atoms with van der Waals surface area (Å²) in [5, 5.41) is 14.9. The van der Waals surface area contributed by atoms with Crippen LogP contribution in [0.3, 0.4) is 0 Å². The lowest BCUT2D eigenvalue weighted by atomic mass is 10.1. The van der Waals surface area contributed by atoms with Crippen molar-refractivity contribution in [2.45, 2.75) is 44.3 Å². The van der Waals surface area contributed by atoms with E-state index in [9.17, 15) is 13.2 Å². The molecule has 0 radical (unpaired) electrons. The van der Waals surface area contributed by atoms with Gasteiger partial charge in [0.2, 0.25) is 5.82 Å². The Labute approximate surface area is 119 Å². The van der Waals surface area contributed by atoms with Gasteiger partial charge in [-0.2, -0.15) is 13.2 Å². The van der Waals surface area contributed by atoms with Crippen LogP contribution in [-0.2, 0) is 19.8 Å². The molecule has 0 saturated heterocycles. The Balaban J connectivity index is 1.76. The highest BCUT2D eigenvalue weighted by atomic mass is 19.4. The van der Waals surface area contributed by atoms with Crippen LogP contribution < -0.4 is 0 Å². The van der Waals surface area contributed by atoms with Gasteiger partial charge in [-0.05, 0) is 12.8 Å². The first kappa shape index (κ1) is 14.0. The van der Waals surface area contributed by atoms with Crippen molar-refractivity contribution in [3.8, 4) is 0 Å². The Morgan fingerprint density at radius 2 is 1.90 bits per heavy atom. The predicted octanol–water partition coefficient (Wildman–Crippen LogP) is 2.13. The lowest BCUT2D eigenvalue weighted by Crippen LogP contribution is -2.15. The van der Waals surface area contributed by atoms with Crippen LogP contribution in [0.15, 0.2) is 6.20 Å². The maximum atomic E-state index is 12.7. The van der Waals surface area contributed by atoms with Gasteiger partial charge < -0.3 is 4.57 Å². The van der Waals surface area contributed by atoms with Crippen LogP contribution in [0.5, 0.6) is 0 Å².